The molecule has 0 bridgehead atoms. The zero-order valence-corrected chi connectivity index (χ0v) is 10.4. The first-order chi connectivity index (χ1) is 6.11. The van der Waals surface area contributed by atoms with Crippen molar-refractivity contribution < 1.29 is 4.79 Å². The summed E-state index contributed by atoms with van der Waals surface area (Å²) in [4.78, 5) is 13.4. The Morgan fingerprint density at radius 3 is 2.79 bits per heavy atom. The van der Waals surface area contributed by atoms with Crippen molar-refractivity contribution in [2.45, 2.75) is 31.8 Å². The molecule has 2 atom stereocenters. The third-order valence-corrected chi connectivity index (χ3v) is 3.49. The number of hydrogen-bond acceptors (Lipinski definition) is 3. The average Bonchev–Trinajstić information content (AvgIpc) is 2.53. The van der Waals surface area contributed by atoms with Crippen LogP contribution in [0, 0.1) is 0 Å². The molecule has 1 heterocycles. The fraction of sp³-hybridized carbons (Fsp3) is 0.889. The summed E-state index contributed by atoms with van der Waals surface area (Å²) in [6.07, 6.45) is 1.60. The molecule has 1 amide bonds. The van der Waals surface area contributed by atoms with Crippen molar-refractivity contribution in [2.75, 3.05) is 18.6 Å². The monoisotopic (exact) mass is 238 g/mol. The number of halogens is 1. The normalized spacial score (nSPS) is 22.6. The van der Waals surface area contributed by atoms with E-state index in [2.05, 4.69) is 0 Å². The highest BCUT2D eigenvalue weighted by atomic mass is 35.5. The number of carbonyl (C=O) groups excluding carboxylic acids is 1. The Labute approximate surface area is 96.2 Å². The lowest BCUT2D eigenvalue weighted by Gasteiger charge is -2.24. The van der Waals surface area contributed by atoms with Gasteiger partial charge in [-0.2, -0.15) is 11.8 Å². The molecule has 1 fully saturated rings. The topological polar surface area (TPSA) is 46.3 Å². The van der Waals surface area contributed by atoms with Gasteiger partial charge < -0.3 is 10.6 Å². The van der Waals surface area contributed by atoms with E-state index in [0.717, 1.165) is 12.2 Å². The van der Waals surface area contributed by atoms with Crippen LogP contribution in [0.4, 0.5) is 0 Å². The maximum absolute atomic E-state index is 11.6. The number of nitrogens with two attached hydrogens (primary N) is 1. The predicted molar refractivity (Wildman–Crippen MR) is 64.0 cm³/mol. The second-order valence-corrected chi connectivity index (χ2v) is 4.85. The Morgan fingerprint density at radius 1 is 1.71 bits per heavy atom. The Bertz CT molecular complexity index is 184. The van der Waals surface area contributed by atoms with Gasteiger partial charge in [0.05, 0.1) is 0 Å². The molecule has 84 valence electrons. The van der Waals surface area contributed by atoms with E-state index < -0.39 is 0 Å². The van der Waals surface area contributed by atoms with Crippen molar-refractivity contribution in [1.29, 1.82) is 0 Å². The lowest BCUT2D eigenvalue weighted by molar-refractivity contribution is -0.131. The van der Waals surface area contributed by atoms with Gasteiger partial charge in [-0.15, -0.1) is 12.4 Å². The fourth-order valence-corrected chi connectivity index (χ4v) is 2.72. The quantitative estimate of drug-likeness (QED) is 0.801. The van der Waals surface area contributed by atoms with Crippen molar-refractivity contribution in [1.82, 2.24) is 4.90 Å². The number of amides is 1. The van der Waals surface area contributed by atoms with E-state index in [1.54, 1.807) is 0 Å². The van der Waals surface area contributed by atoms with E-state index in [4.69, 9.17) is 5.73 Å². The van der Waals surface area contributed by atoms with Crippen molar-refractivity contribution >= 4 is 30.1 Å². The second kappa shape index (κ2) is 6.53. The van der Waals surface area contributed by atoms with Crippen LogP contribution in [0.2, 0.25) is 0 Å². The minimum absolute atomic E-state index is 0. The highest BCUT2D eigenvalue weighted by Gasteiger charge is 2.23. The molecule has 5 heteroatoms. The van der Waals surface area contributed by atoms with Gasteiger partial charge in [0, 0.05) is 31.3 Å². The van der Waals surface area contributed by atoms with E-state index in [9.17, 15) is 4.79 Å². The zero-order valence-electron chi connectivity index (χ0n) is 8.73. The Balaban J connectivity index is 0.00000169. The minimum atomic E-state index is -0.0241. The first-order valence-electron chi connectivity index (χ1n) is 4.70. The van der Waals surface area contributed by atoms with Crippen molar-refractivity contribution in [3.8, 4) is 0 Å². The molecule has 1 rings (SSSR count). The van der Waals surface area contributed by atoms with Crippen LogP contribution in [-0.4, -0.2) is 41.4 Å². The van der Waals surface area contributed by atoms with Crippen LogP contribution in [0.15, 0.2) is 0 Å². The SMILES string of the molecule is CC(N)CC(=O)N(C)C1CCSC1.Cl. The molecule has 1 saturated heterocycles. The van der Waals surface area contributed by atoms with E-state index >= 15 is 0 Å². The number of nitrogens with zero attached hydrogens (tertiary/aromatic N) is 1. The summed E-state index contributed by atoms with van der Waals surface area (Å²) >= 11 is 1.92. The average molecular weight is 239 g/mol. The van der Waals surface area contributed by atoms with Gasteiger partial charge in [0.2, 0.25) is 5.91 Å². The van der Waals surface area contributed by atoms with Crippen molar-refractivity contribution in [3.05, 3.63) is 0 Å². The molecule has 1 aliphatic heterocycles. The molecule has 0 saturated carbocycles. The summed E-state index contributed by atoms with van der Waals surface area (Å²) in [6.45, 7) is 1.87. The lowest BCUT2D eigenvalue weighted by Crippen LogP contribution is -2.39. The summed E-state index contributed by atoms with van der Waals surface area (Å²) in [5, 5.41) is 0. The number of rotatable bonds is 3. The molecule has 0 aromatic carbocycles. The van der Waals surface area contributed by atoms with Crippen LogP contribution in [0.25, 0.3) is 0 Å². The second-order valence-electron chi connectivity index (χ2n) is 3.70. The Kier molecular flexibility index (Phi) is 6.57. The number of thioether (sulfide) groups is 1. The number of hydrogen-bond donors (Lipinski definition) is 1. The molecule has 0 aromatic rings. The van der Waals surface area contributed by atoms with Gasteiger partial charge in [-0.3, -0.25) is 4.79 Å². The van der Waals surface area contributed by atoms with Gasteiger partial charge in [0.15, 0.2) is 0 Å². The highest BCUT2D eigenvalue weighted by Crippen LogP contribution is 2.21. The van der Waals surface area contributed by atoms with Gasteiger partial charge in [0.1, 0.15) is 0 Å². The van der Waals surface area contributed by atoms with Crippen molar-refractivity contribution in [3.63, 3.8) is 0 Å². The molecule has 0 aromatic heterocycles. The molecule has 0 spiro atoms. The molecular weight excluding hydrogens is 220 g/mol. The highest BCUT2D eigenvalue weighted by molar-refractivity contribution is 7.99. The van der Waals surface area contributed by atoms with Gasteiger partial charge >= 0.3 is 0 Å². The largest absolute Gasteiger partial charge is 0.342 e. The van der Waals surface area contributed by atoms with Crippen LogP contribution in [0.1, 0.15) is 19.8 Å². The van der Waals surface area contributed by atoms with Crippen LogP contribution >= 0.6 is 24.2 Å². The maximum atomic E-state index is 11.6. The van der Waals surface area contributed by atoms with Gasteiger partial charge in [-0.05, 0) is 19.1 Å². The fourth-order valence-electron chi connectivity index (χ4n) is 1.45. The van der Waals surface area contributed by atoms with Crippen LogP contribution in [0.5, 0.6) is 0 Å². The van der Waals surface area contributed by atoms with Gasteiger partial charge in [-0.25, -0.2) is 0 Å². The summed E-state index contributed by atoms with van der Waals surface area (Å²) in [7, 11) is 1.89. The predicted octanol–water partition coefficient (Wildman–Crippen LogP) is 1.11. The maximum Gasteiger partial charge on any atom is 0.224 e. The Morgan fingerprint density at radius 2 is 2.36 bits per heavy atom. The summed E-state index contributed by atoms with van der Waals surface area (Å²) < 4.78 is 0. The standard InChI is InChI=1S/C9H18N2OS.ClH/c1-7(10)5-9(12)11(2)8-3-4-13-6-8;/h7-8H,3-6,10H2,1-2H3;1H. The smallest absolute Gasteiger partial charge is 0.224 e. The molecule has 0 aliphatic carbocycles. The third-order valence-electron chi connectivity index (χ3n) is 2.34. The van der Waals surface area contributed by atoms with Crippen LogP contribution < -0.4 is 5.73 Å². The molecule has 2 unspecified atom stereocenters. The molecule has 0 radical (unpaired) electrons. The van der Waals surface area contributed by atoms with E-state index in [0.29, 0.717) is 12.5 Å². The summed E-state index contributed by atoms with van der Waals surface area (Å²) in [5.74, 6) is 2.45. The lowest BCUT2D eigenvalue weighted by atomic mass is 10.2. The van der Waals surface area contributed by atoms with Crippen LogP contribution in [-0.2, 0) is 4.79 Å². The molecule has 3 nitrogen and oxygen atoms in total. The minimum Gasteiger partial charge on any atom is -0.342 e. The Hall–Kier alpha value is 0.0700. The summed E-state index contributed by atoms with van der Waals surface area (Å²) in [5.41, 5.74) is 5.58. The van der Waals surface area contributed by atoms with Gasteiger partial charge in [-0.1, -0.05) is 0 Å². The van der Waals surface area contributed by atoms with Gasteiger partial charge in [0.25, 0.3) is 0 Å². The third kappa shape index (κ3) is 4.07. The van der Waals surface area contributed by atoms with Crippen molar-refractivity contribution in [2.24, 2.45) is 5.73 Å². The summed E-state index contributed by atoms with van der Waals surface area (Å²) in [6, 6.07) is 0.417. The first-order valence-corrected chi connectivity index (χ1v) is 5.85. The first kappa shape index (κ1) is 14.1. The molecule has 1 aliphatic rings. The molecule has 14 heavy (non-hydrogen) atoms. The van der Waals surface area contributed by atoms with E-state index in [1.807, 2.05) is 30.6 Å². The molecule has 2 N–H and O–H groups in total. The van der Waals surface area contributed by atoms with Crippen LogP contribution in [0.3, 0.4) is 0 Å². The molecular formula is C9H19ClN2OS. The van der Waals surface area contributed by atoms with E-state index in [-0.39, 0.29) is 24.4 Å². The number of carbonyl (C=O) groups is 1. The van der Waals surface area contributed by atoms with E-state index in [1.165, 1.54) is 5.75 Å². The zero-order chi connectivity index (χ0) is 9.84.